The van der Waals surface area contributed by atoms with Crippen LogP contribution in [-0.2, 0) is 0 Å². The lowest BCUT2D eigenvalue weighted by molar-refractivity contribution is 0.867. The van der Waals surface area contributed by atoms with Gasteiger partial charge in [0.25, 0.3) is 6.71 Å². The van der Waals surface area contributed by atoms with Gasteiger partial charge in [-0.2, -0.15) is 0 Å². The van der Waals surface area contributed by atoms with Gasteiger partial charge in [-0.1, -0.05) is 149 Å². The lowest BCUT2D eigenvalue weighted by atomic mass is 9.33. The molecule has 0 aromatic heterocycles. The highest BCUT2D eigenvalue weighted by Crippen LogP contribution is 2.47. The zero-order valence-corrected chi connectivity index (χ0v) is 35.8. The van der Waals surface area contributed by atoms with E-state index in [4.69, 9.17) is 0 Å². The van der Waals surface area contributed by atoms with E-state index in [-0.39, 0.29) is 6.71 Å². The Labute approximate surface area is 356 Å². The van der Waals surface area contributed by atoms with Crippen LogP contribution in [0.4, 0.5) is 34.1 Å². The predicted molar refractivity (Wildman–Crippen MR) is 259 cm³/mol. The van der Waals surface area contributed by atoms with E-state index in [0.717, 1.165) is 5.69 Å². The Bertz CT molecular complexity index is 2910. The molecular formula is C57H51BN2. The molecule has 2 aliphatic rings. The molecule has 0 saturated heterocycles. The molecule has 0 unspecified atom stereocenters. The lowest BCUT2D eigenvalue weighted by Crippen LogP contribution is -2.61. The van der Waals surface area contributed by atoms with Crippen LogP contribution in [0.2, 0.25) is 0 Å². The van der Waals surface area contributed by atoms with Gasteiger partial charge >= 0.3 is 0 Å². The van der Waals surface area contributed by atoms with Crippen molar-refractivity contribution >= 4 is 57.2 Å². The number of rotatable bonds is 7. The topological polar surface area (TPSA) is 6.48 Å². The standard InChI is InChI=1S/C57H51BN2/c1-36(2)41-19-21-43(22-20-41)45-23-27-51-54(35-45)59(48-25-17-38(5)18-26-48)55-29-39(6)30-56-57(55)58(51)52-34-44(37(3)4)24-28-53(52)60(56)49-32-46(42-14-9-8-10-15-42)31-47(33-49)50-16-12-11-13-40(50)7/h8-37H,1-7H3. The summed E-state index contributed by atoms with van der Waals surface area (Å²) in [6, 6.07) is 64.4. The van der Waals surface area contributed by atoms with E-state index in [2.05, 4.69) is 228 Å². The zero-order valence-electron chi connectivity index (χ0n) is 35.8. The summed E-state index contributed by atoms with van der Waals surface area (Å²) in [5.41, 5.74) is 25.1. The molecule has 0 fully saturated rings. The van der Waals surface area contributed by atoms with Crippen molar-refractivity contribution in [2.75, 3.05) is 9.80 Å². The van der Waals surface area contributed by atoms with E-state index >= 15 is 0 Å². The molecule has 0 radical (unpaired) electrons. The fourth-order valence-corrected chi connectivity index (χ4v) is 9.59. The Kier molecular flexibility index (Phi) is 9.36. The Morgan fingerprint density at radius 1 is 0.383 bits per heavy atom. The van der Waals surface area contributed by atoms with Crippen LogP contribution >= 0.6 is 0 Å². The van der Waals surface area contributed by atoms with Gasteiger partial charge in [0.2, 0.25) is 0 Å². The van der Waals surface area contributed by atoms with Crippen LogP contribution < -0.4 is 26.2 Å². The number of benzene rings is 8. The molecule has 8 aromatic rings. The Hall–Kier alpha value is -6.58. The SMILES string of the molecule is Cc1ccc(N2c3cc(-c4ccc(C(C)C)cc4)ccc3B3c4cc(C(C)C)ccc4N(c4cc(-c5ccccc5)cc(-c5ccccc5C)c4)c4cc(C)cc2c43)cc1. The number of hydrogen-bond donors (Lipinski definition) is 0. The second kappa shape index (κ2) is 14.9. The van der Waals surface area contributed by atoms with Crippen LogP contribution in [0, 0.1) is 20.8 Å². The number of hydrogen-bond acceptors (Lipinski definition) is 2. The number of nitrogens with zero attached hydrogens (tertiary/aromatic N) is 2. The zero-order chi connectivity index (χ0) is 41.2. The van der Waals surface area contributed by atoms with Gasteiger partial charge in [0.15, 0.2) is 0 Å². The van der Waals surface area contributed by atoms with Crippen LogP contribution in [0.3, 0.4) is 0 Å². The van der Waals surface area contributed by atoms with E-state index in [9.17, 15) is 0 Å². The van der Waals surface area contributed by atoms with Crippen molar-refractivity contribution in [3.63, 3.8) is 0 Å². The third-order valence-electron chi connectivity index (χ3n) is 12.8. The summed E-state index contributed by atoms with van der Waals surface area (Å²) in [6.07, 6.45) is 0. The van der Waals surface area contributed by atoms with Crippen LogP contribution in [0.25, 0.3) is 33.4 Å². The van der Waals surface area contributed by atoms with Crippen LogP contribution in [-0.4, -0.2) is 6.71 Å². The molecule has 0 saturated carbocycles. The second-order valence-electron chi connectivity index (χ2n) is 17.6. The first-order chi connectivity index (χ1) is 29.1. The minimum Gasteiger partial charge on any atom is -0.311 e. The monoisotopic (exact) mass is 774 g/mol. The average molecular weight is 775 g/mol. The molecule has 292 valence electrons. The van der Waals surface area contributed by atoms with E-state index in [1.165, 1.54) is 106 Å². The molecule has 0 spiro atoms. The Morgan fingerprint density at radius 2 is 1.00 bits per heavy atom. The van der Waals surface area contributed by atoms with Crippen LogP contribution in [0.15, 0.2) is 170 Å². The molecule has 0 N–H and O–H groups in total. The van der Waals surface area contributed by atoms with E-state index < -0.39 is 0 Å². The van der Waals surface area contributed by atoms with Crippen molar-refractivity contribution in [1.29, 1.82) is 0 Å². The predicted octanol–water partition coefficient (Wildman–Crippen LogP) is 13.9. The van der Waals surface area contributed by atoms with Gasteiger partial charge in [0, 0.05) is 34.1 Å². The largest absolute Gasteiger partial charge is 0.311 e. The normalized spacial score (nSPS) is 12.8. The Balaban J connectivity index is 1.26. The summed E-state index contributed by atoms with van der Waals surface area (Å²) in [5, 5.41) is 0. The molecule has 60 heavy (non-hydrogen) atoms. The highest BCUT2D eigenvalue weighted by molar-refractivity contribution is 7.00. The second-order valence-corrected chi connectivity index (χ2v) is 17.6. The van der Waals surface area contributed by atoms with Gasteiger partial charge in [-0.25, -0.2) is 0 Å². The van der Waals surface area contributed by atoms with Crippen molar-refractivity contribution in [2.45, 2.75) is 60.3 Å². The first-order valence-corrected chi connectivity index (χ1v) is 21.6. The van der Waals surface area contributed by atoms with Gasteiger partial charge in [-0.15, -0.1) is 0 Å². The highest BCUT2D eigenvalue weighted by Gasteiger charge is 2.44. The smallest absolute Gasteiger partial charge is 0.252 e. The van der Waals surface area contributed by atoms with E-state index in [1.807, 2.05) is 0 Å². The van der Waals surface area contributed by atoms with Gasteiger partial charge < -0.3 is 9.80 Å². The summed E-state index contributed by atoms with van der Waals surface area (Å²) < 4.78 is 0. The molecule has 2 nitrogen and oxygen atoms in total. The summed E-state index contributed by atoms with van der Waals surface area (Å²) in [7, 11) is 0. The number of fused-ring (bicyclic) bond motifs is 4. The minimum absolute atomic E-state index is 0.0442. The maximum atomic E-state index is 2.57. The lowest BCUT2D eigenvalue weighted by Gasteiger charge is -2.45. The maximum Gasteiger partial charge on any atom is 0.252 e. The van der Waals surface area contributed by atoms with Crippen molar-refractivity contribution in [3.05, 3.63) is 198 Å². The third-order valence-corrected chi connectivity index (χ3v) is 12.8. The molecule has 10 rings (SSSR count). The fourth-order valence-electron chi connectivity index (χ4n) is 9.59. The first-order valence-electron chi connectivity index (χ1n) is 21.6. The molecule has 0 aliphatic carbocycles. The van der Waals surface area contributed by atoms with Crippen molar-refractivity contribution in [2.24, 2.45) is 0 Å². The molecular weight excluding hydrogens is 723 g/mol. The number of aryl methyl sites for hydroxylation is 3. The van der Waals surface area contributed by atoms with Gasteiger partial charge in [0.05, 0.1) is 0 Å². The number of anilines is 6. The van der Waals surface area contributed by atoms with Gasteiger partial charge in [-0.3, -0.25) is 0 Å². The molecule has 3 heteroatoms. The molecule has 0 atom stereocenters. The summed E-state index contributed by atoms with van der Waals surface area (Å²) in [6.45, 7) is 15.8. The van der Waals surface area contributed by atoms with Crippen LogP contribution in [0.5, 0.6) is 0 Å². The van der Waals surface area contributed by atoms with Gasteiger partial charge in [-0.05, 0) is 159 Å². The molecule has 2 heterocycles. The van der Waals surface area contributed by atoms with Gasteiger partial charge in [0.1, 0.15) is 0 Å². The van der Waals surface area contributed by atoms with E-state index in [0.29, 0.717) is 11.8 Å². The first kappa shape index (κ1) is 37.7. The van der Waals surface area contributed by atoms with Crippen molar-refractivity contribution < 1.29 is 0 Å². The van der Waals surface area contributed by atoms with E-state index in [1.54, 1.807) is 0 Å². The van der Waals surface area contributed by atoms with Crippen LogP contribution in [0.1, 0.15) is 67.3 Å². The molecule has 8 aromatic carbocycles. The summed E-state index contributed by atoms with van der Waals surface area (Å²) >= 11 is 0. The van der Waals surface area contributed by atoms with Crippen molar-refractivity contribution in [1.82, 2.24) is 0 Å². The highest BCUT2D eigenvalue weighted by atomic mass is 15.2. The quantitative estimate of drug-likeness (QED) is 0.149. The third kappa shape index (κ3) is 6.45. The molecule has 0 amide bonds. The molecule has 2 aliphatic heterocycles. The minimum atomic E-state index is 0.0442. The summed E-state index contributed by atoms with van der Waals surface area (Å²) in [4.78, 5) is 5.11. The Morgan fingerprint density at radius 3 is 1.70 bits per heavy atom. The summed E-state index contributed by atoms with van der Waals surface area (Å²) in [5.74, 6) is 0.880. The average Bonchev–Trinajstić information content (AvgIpc) is 3.26. The van der Waals surface area contributed by atoms with Crippen molar-refractivity contribution in [3.8, 4) is 33.4 Å². The fraction of sp³-hybridized carbons (Fsp3) is 0.158. The maximum absolute atomic E-state index is 2.57. The molecule has 0 bridgehead atoms.